The molecule has 106 valence electrons. The maximum absolute atomic E-state index is 11.3. The molecule has 0 spiro atoms. The van der Waals surface area contributed by atoms with Crippen molar-refractivity contribution >= 4 is 5.97 Å². The van der Waals surface area contributed by atoms with Gasteiger partial charge in [-0.2, -0.15) is 4.89 Å². The van der Waals surface area contributed by atoms with Gasteiger partial charge in [0, 0.05) is 6.42 Å². The summed E-state index contributed by atoms with van der Waals surface area (Å²) in [5, 5.41) is 0. The molecule has 0 heterocycles. The molecule has 0 unspecified atom stereocenters. The molecule has 3 heteroatoms. The summed E-state index contributed by atoms with van der Waals surface area (Å²) in [6, 6.07) is 0. The summed E-state index contributed by atoms with van der Waals surface area (Å²) in [5.41, 5.74) is -0.430. The Bertz CT molecular complexity index is 228. The largest absolute Gasteiger partial charge is 0.342 e. The van der Waals surface area contributed by atoms with Crippen molar-refractivity contribution in [1.29, 1.82) is 0 Å². The Hall–Kier alpha value is -0.830. The SMILES string of the molecule is C=CCCCCCCCCC(=O)OOC(C)(C)C. The summed E-state index contributed by atoms with van der Waals surface area (Å²) in [6.45, 7) is 9.25. The normalized spacial score (nSPS) is 11.3. The van der Waals surface area contributed by atoms with E-state index in [1.54, 1.807) is 0 Å². The summed E-state index contributed by atoms with van der Waals surface area (Å²) in [7, 11) is 0. The number of hydrogen-bond donors (Lipinski definition) is 0. The summed E-state index contributed by atoms with van der Waals surface area (Å²) in [6.07, 6.45) is 10.4. The Morgan fingerprint density at radius 1 is 1.06 bits per heavy atom. The summed E-state index contributed by atoms with van der Waals surface area (Å²) in [4.78, 5) is 21.0. The topological polar surface area (TPSA) is 35.5 Å². The Kier molecular flexibility index (Phi) is 9.66. The van der Waals surface area contributed by atoms with Gasteiger partial charge in [-0.1, -0.05) is 31.8 Å². The van der Waals surface area contributed by atoms with Crippen molar-refractivity contribution in [2.24, 2.45) is 0 Å². The van der Waals surface area contributed by atoms with Crippen LogP contribution in [0.4, 0.5) is 0 Å². The second kappa shape index (κ2) is 10.1. The number of hydrogen-bond acceptors (Lipinski definition) is 3. The van der Waals surface area contributed by atoms with E-state index in [1.807, 2.05) is 26.8 Å². The van der Waals surface area contributed by atoms with Crippen LogP contribution in [0, 0.1) is 0 Å². The van der Waals surface area contributed by atoms with Crippen molar-refractivity contribution in [2.75, 3.05) is 0 Å². The highest BCUT2D eigenvalue weighted by molar-refractivity contribution is 5.68. The zero-order valence-corrected chi connectivity index (χ0v) is 12.2. The molecule has 0 fully saturated rings. The molecule has 0 amide bonds. The van der Waals surface area contributed by atoms with Crippen molar-refractivity contribution in [3.05, 3.63) is 12.7 Å². The van der Waals surface area contributed by atoms with Gasteiger partial charge in [-0.3, -0.25) is 4.89 Å². The zero-order chi connectivity index (χ0) is 13.9. The van der Waals surface area contributed by atoms with E-state index in [0.717, 1.165) is 19.3 Å². The Labute approximate surface area is 111 Å². The molecule has 0 atom stereocenters. The molecule has 0 radical (unpaired) electrons. The summed E-state index contributed by atoms with van der Waals surface area (Å²) < 4.78 is 0. The smallest absolute Gasteiger partial charge is 0.298 e. The van der Waals surface area contributed by atoms with Gasteiger partial charge in [-0.05, 0) is 40.0 Å². The van der Waals surface area contributed by atoms with Gasteiger partial charge in [0.15, 0.2) is 0 Å². The number of carbonyl (C=O) groups excluding carboxylic acids is 1. The molecule has 0 saturated heterocycles. The third-order valence-electron chi connectivity index (χ3n) is 2.42. The van der Waals surface area contributed by atoms with Gasteiger partial charge in [0.05, 0.1) is 0 Å². The maximum atomic E-state index is 11.3. The zero-order valence-electron chi connectivity index (χ0n) is 12.2. The van der Waals surface area contributed by atoms with Gasteiger partial charge < -0.3 is 0 Å². The lowest BCUT2D eigenvalue weighted by atomic mass is 10.1. The number of carbonyl (C=O) groups is 1. The predicted molar refractivity (Wildman–Crippen MR) is 74.1 cm³/mol. The number of allylic oxidation sites excluding steroid dienone is 1. The van der Waals surface area contributed by atoms with Crippen LogP contribution in [-0.4, -0.2) is 11.6 Å². The minimum atomic E-state index is -0.430. The summed E-state index contributed by atoms with van der Waals surface area (Å²) in [5.74, 6) is -0.267. The summed E-state index contributed by atoms with van der Waals surface area (Å²) >= 11 is 0. The number of unbranched alkanes of at least 4 members (excludes halogenated alkanes) is 6. The van der Waals surface area contributed by atoms with Gasteiger partial charge in [0.2, 0.25) is 0 Å². The highest BCUT2D eigenvalue weighted by atomic mass is 17.2. The molecule has 18 heavy (non-hydrogen) atoms. The van der Waals surface area contributed by atoms with Gasteiger partial charge in [-0.15, -0.1) is 6.58 Å². The van der Waals surface area contributed by atoms with Crippen LogP contribution in [0.5, 0.6) is 0 Å². The van der Waals surface area contributed by atoms with Gasteiger partial charge >= 0.3 is 5.97 Å². The van der Waals surface area contributed by atoms with E-state index in [0.29, 0.717) is 6.42 Å². The first-order valence-electron chi connectivity index (χ1n) is 6.95. The number of rotatable bonds is 10. The van der Waals surface area contributed by atoms with Crippen molar-refractivity contribution in [2.45, 2.75) is 77.7 Å². The van der Waals surface area contributed by atoms with E-state index in [4.69, 9.17) is 9.78 Å². The van der Waals surface area contributed by atoms with Crippen molar-refractivity contribution in [3.8, 4) is 0 Å². The molecule has 0 bridgehead atoms. The monoisotopic (exact) mass is 256 g/mol. The van der Waals surface area contributed by atoms with Crippen LogP contribution >= 0.6 is 0 Å². The van der Waals surface area contributed by atoms with Crippen molar-refractivity contribution in [1.82, 2.24) is 0 Å². The molecule has 0 N–H and O–H groups in total. The predicted octanol–water partition coefficient (Wildman–Crippen LogP) is 4.57. The Morgan fingerprint density at radius 2 is 1.61 bits per heavy atom. The molecule has 0 aromatic rings. The minimum absolute atomic E-state index is 0.267. The van der Waals surface area contributed by atoms with E-state index in [2.05, 4.69) is 6.58 Å². The molecular weight excluding hydrogens is 228 g/mol. The molecule has 0 aliphatic carbocycles. The fourth-order valence-electron chi connectivity index (χ4n) is 1.48. The van der Waals surface area contributed by atoms with Crippen LogP contribution in [0.3, 0.4) is 0 Å². The van der Waals surface area contributed by atoms with Gasteiger partial charge in [0.1, 0.15) is 5.60 Å². The Morgan fingerprint density at radius 3 is 2.17 bits per heavy atom. The molecule has 0 aliphatic rings. The van der Waals surface area contributed by atoms with Gasteiger partial charge in [-0.25, -0.2) is 4.79 Å². The standard InChI is InChI=1S/C15H28O3/c1-5-6-7-8-9-10-11-12-13-14(16)17-18-15(2,3)4/h5H,1,6-13H2,2-4H3. The maximum Gasteiger partial charge on any atom is 0.342 e. The fourth-order valence-corrected chi connectivity index (χ4v) is 1.48. The van der Waals surface area contributed by atoms with Crippen LogP contribution in [0.1, 0.15) is 72.1 Å². The second-order valence-corrected chi connectivity index (χ2v) is 5.60. The highest BCUT2D eigenvalue weighted by Gasteiger charge is 2.14. The van der Waals surface area contributed by atoms with Gasteiger partial charge in [0.25, 0.3) is 0 Å². The molecule has 0 aromatic heterocycles. The van der Waals surface area contributed by atoms with E-state index >= 15 is 0 Å². The third kappa shape index (κ3) is 13.2. The molecule has 0 aliphatic heterocycles. The first kappa shape index (κ1) is 17.2. The molecule has 0 aromatic carbocycles. The first-order chi connectivity index (χ1) is 8.45. The average molecular weight is 256 g/mol. The first-order valence-corrected chi connectivity index (χ1v) is 6.95. The third-order valence-corrected chi connectivity index (χ3v) is 2.42. The van der Waals surface area contributed by atoms with E-state index in [9.17, 15) is 4.79 Å². The second-order valence-electron chi connectivity index (χ2n) is 5.60. The lowest BCUT2D eigenvalue weighted by Gasteiger charge is -2.16. The van der Waals surface area contributed by atoms with Crippen LogP contribution < -0.4 is 0 Å². The van der Waals surface area contributed by atoms with E-state index in [-0.39, 0.29) is 5.97 Å². The molecule has 3 nitrogen and oxygen atoms in total. The lowest BCUT2D eigenvalue weighted by Crippen LogP contribution is -2.21. The molecular formula is C15H28O3. The fraction of sp³-hybridized carbons (Fsp3) is 0.800. The minimum Gasteiger partial charge on any atom is -0.298 e. The van der Waals surface area contributed by atoms with Crippen LogP contribution in [0.25, 0.3) is 0 Å². The van der Waals surface area contributed by atoms with Crippen LogP contribution in [0.15, 0.2) is 12.7 Å². The quantitative estimate of drug-likeness (QED) is 0.249. The van der Waals surface area contributed by atoms with Crippen molar-refractivity contribution < 1.29 is 14.6 Å². The van der Waals surface area contributed by atoms with E-state index < -0.39 is 5.60 Å². The highest BCUT2D eigenvalue weighted by Crippen LogP contribution is 2.11. The van der Waals surface area contributed by atoms with E-state index in [1.165, 1.54) is 25.7 Å². The van der Waals surface area contributed by atoms with Crippen LogP contribution in [-0.2, 0) is 14.6 Å². The Balaban J connectivity index is 3.28. The molecule has 0 saturated carbocycles. The van der Waals surface area contributed by atoms with Crippen molar-refractivity contribution in [3.63, 3.8) is 0 Å². The van der Waals surface area contributed by atoms with Crippen LogP contribution in [0.2, 0.25) is 0 Å². The lowest BCUT2D eigenvalue weighted by molar-refractivity contribution is -0.320. The molecule has 0 rings (SSSR count). The average Bonchev–Trinajstić information content (AvgIpc) is 2.29.